The molecule has 1 aromatic heterocycles. The molecule has 4 nitrogen and oxygen atoms in total. The van der Waals surface area contributed by atoms with E-state index >= 15 is 0 Å². The second-order valence-corrected chi connectivity index (χ2v) is 6.67. The molecule has 1 aliphatic heterocycles. The van der Waals surface area contributed by atoms with Crippen molar-refractivity contribution in [2.45, 2.75) is 18.8 Å². The SMILES string of the molecule is CC(CCN1CCOCC1)C(C#N)(c1ccccc1)c1cccnc1. The number of nitrogens with zero attached hydrogens (tertiary/aromatic N) is 3. The molecule has 0 saturated carbocycles. The van der Waals surface area contributed by atoms with Gasteiger partial charge in [-0.3, -0.25) is 9.88 Å². The highest BCUT2D eigenvalue weighted by molar-refractivity contribution is 5.45. The molecule has 0 amide bonds. The molecule has 4 heteroatoms. The van der Waals surface area contributed by atoms with Gasteiger partial charge in [-0.15, -0.1) is 0 Å². The minimum absolute atomic E-state index is 0.173. The van der Waals surface area contributed by atoms with Crippen LogP contribution >= 0.6 is 0 Å². The average molecular weight is 335 g/mol. The second-order valence-electron chi connectivity index (χ2n) is 6.67. The Morgan fingerprint density at radius 3 is 2.52 bits per heavy atom. The Morgan fingerprint density at radius 2 is 1.88 bits per heavy atom. The number of aromatic nitrogens is 1. The molecule has 1 fully saturated rings. The topological polar surface area (TPSA) is 49.1 Å². The smallest absolute Gasteiger partial charge is 0.111 e. The van der Waals surface area contributed by atoms with Crippen LogP contribution in [0.3, 0.4) is 0 Å². The van der Waals surface area contributed by atoms with Crippen molar-refractivity contribution in [2.24, 2.45) is 5.92 Å². The van der Waals surface area contributed by atoms with Gasteiger partial charge < -0.3 is 4.74 Å². The molecule has 2 aromatic rings. The molecule has 3 rings (SSSR count). The second kappa shape index (κ2) is 8.24. The Kier molecular flexibility index (Phi) is 5.80. The van der Waals surface area contributed by atoms with E-state index in [4.69, 9.17) is 4.74 Å². The number of hydrogen-bond donors (Lipinski definition) is 0. The quantitative estimate of drug-likeness (QED) is 0.813. The Morgan fingerprint density at radius 1 is 1.16 bits per heavy atom. The van der Waals surface area contributed by atoms with E-state index < -0.39 is 5.41 Å². The van der Waals surface area contributed by atoms with Crippen LogP contribution in [0.25, 0.3) is 0 Å². The van der Waals surface area contributed by atoms with E-state index in [1.165, 1.54) is 0 Å². The highest BCUT2D eigenvalue weighted by Crippen LogP contribution is 2.40. The van der Waals surface area contributed by atoms with Crippen LogP contribution in [0.15, 0.2) is 54.9 Å². The van der Waals surface area contributed by atoms with E-state index in [0.29, 0.717) is 0 Å². The number of nitriles is 1. The normalized spacial score (nSPS) is 18.9. The summed E-state index contributed by atoms with van der Waals surface area (Å²) >= 11 is 0. The molecular formula is C21H25N3O. The summed E-state index contributed by atoms with van der Waals surface area (Å²) in [6.07, 6.45) is 4.55. The van der Waals surface area contributed by atoms with E-state index in [0.717, 1.165) is 50.4 Å². The lowest BCUT2D eigenvalue weighted by molar-refractivity contribution is 0.0349. The molecule has 2 heterocycles. The van der Waals surface area contributed by atoms with E-state index in [1.54, 1.807) is 6.20 Å². The highest BCUT2D eigenvalue weighted by Gasteiger charge is 2.40. The van der Waals surface area contributed by atoms with Crippen molar-refractivity contribution >= 4 is 0 Å². The Bertz CT molecular complexity index is 651. The van der Waals surface area contributed by atoms with Crippen LogP contribution in [0.4, 0.5) is 0 Å². The predicted octanol–water partition coefficient (Wildman–Crippen LogP) is 3.25. The van der Waals surface area contributed by atoms with E-state index in [-0.39, 0.29) is 5.92 Å². The van der Waals surface area contributed by atoms with Crippen molar-refractivity contribution in [3.8, 4) is 6.07 Å². The average Bonchev–Trinajstić information content (AvgIpc) is 2.70. The number of rotatable bonds is 6. The van der Waals surface area contributed by atoms with Gasteiger partial charge in [0.25, 0.3) is 0 Å². The summed E-state index contributed by atoms with van der Waals surface area (Å²) in [5.74, 6) is 0.173. The molecule has 1 aliphatic rings. The highest BCUT2D eigenvalue weighted by atomic mass is 16.5. The Labute approximate surface area is 150 Å². The first-order chi connectivity index (χ1) is 12.3. The third-order valence-corrected chi connectivity index (χ3v) is 5.24. The molecule has 0 N–H and O–H groups in total. The fourth-order valence-corrected chi connectivity index (χ4v) is 3.69. The van der Waals surface area contributed by atoms with Crippen LogP contribution in [-0.4, -0.2) is 42.7 Å². The lowest BCUT2D eigenvalue weighted by Gasteiger charge is -2.35. The molecule has 1 saturated heterocycles. The molecule has 130 valence electrons. The van der Waals surface area contributed by atoms with Gasteiger partial charge in [-0.25, -0.2) is 0 Å². The molecule has 25 heavy (non-hydrogen) atoms. The lowest BCUT2D eigenvalue weighted by atomic mass is 9.66. The van der Waals surface area contributed by atoms with Crippen molar-refractivity contribution < 1.29 is 4.74 Å². The molecule has 0 aliphatic carbocycles. The Balaban J connectivity index is 1.89. The van der Waals surface area contributed by atoms with Crippen molar-refractivity contribution in [1.82, 2.24) is 9.88 Å². The third-order valence-electron chi connectivity index (χ3n) is 5.24. The number of hydrogen-bond acceptors (Lipinski definition) is 4. The first-order valence-corrected chi connectivity index (χ1v) is 8.95. The summed E-state index contributed by atoms with van der Waals surface area (Å²) in [4.78, 5) is 6.71. The van der Waals surface area contributed by atoms with Crippen LogP contribution < -0.4 is 0 Å². The van der Waals surface area contributed by atoms with Gasteiger partial charge in [-0.05, 0) is 36.1 Å². The summed E-state index contributed by atoms with van der Waals surface area (Å²) in [6, 6.07) is 16.7. The fraction of sp³-hybridized carbons (Fsp3) is 0.429. The number of ether oxygens (including phenoxy) is 1. The molecular weight excluding hydrogens is 310 g/mol. The molecule has 0 bridgehead atoms. The van der Waals surface area contributed by atoms with E-state index in [9.17, 15) is 5.26 Å². The number of benzene rings is 1. The van der Waals surface area contributed by atoms with Gasteiger partial charge >= 0.3 is 0 Å². The van der Waals surface area contributed by atoms with Gasteiger partial charge in [0.2, 0.25) is 0 Å². The lowest BCUT2D eigenvalue weighted by Crippen LogP contribution is -2.40. The van der Waals surface area contributed by atoms with Crippen LogP contribution in [0, 0.1) is 17.2 Å². The van der Waals surface area contributed by atoms with Gasteiger partial charge in [0.05, 0.1) is 19.3 Å². The largest absolute Gasteiger partial charge is 0.379 e. The van der Waals surface area contributed by atoms with Crippen molar-refractivity contribution in [3.63, 3.8) is 0 Å². The molecule has 0 spiro atoms. The summed E-state index contributed by atoms with van der Waals surface area (Å²) in [7, 11) is 0. The molecule has 2 unspecified atom stereocenters. The molecule has 2 atom stereocenters. The van der Waals surface area contributed by atoms with Crippen molar-refractivity contribution in [1.29, 1.82) is 5.26 Å². The fourth-order valence-electron chi connectivity index (χ4n) is 3.69. The van der Waals surface area contributed by atoms with Crippen molar-refractivity contribution in [2.75, 3.05) is 32.8 Å². The van der Waals surface area contributed by atoms with Crippen LogP contribution in [0.5, 0.6) is 0 Å². The third kappa shape index (κ3) is 3.73. The van der Waals surface area contributed by atoms with E-state index in [2.05, 4.69) is 35.0 Å². The summed E-state index contributed by atoms with van der Waals surface area (Å²) in [5.41, 5.74) is 1.33. The summed E-state index contributed by atoms with van der Waals surface area (Å²) in [5, 5.41) is 10.3. The van der Waals surface area contributed by atoms with Crippen molar-refractivity contribution in [3.05, 3.63) is 66.0 Å². The monoisotopic (exact) mass is 335 g/mol. The summed E-state index contributed by atoms with van der Waals surface area (Å²) < 4.78 is 5.43. The maximum absolute atomic E-state index is 10.3. The van der Waals surface area contributed by atoms with Crippen LogP contribution in [0.2, 0.25) is 0 Å². The Hall–Kier alpha value is -2.22. The predicted molar refractivity (Wildman–Crippen MR) is 98.1 cm³/mol. The maximum atomic E-state index is 10.3. The zero-order valence-corrected chi connectivity index (χ0v) is 14.8. The molecule has 1 aromatic carbocycles. The molecule has 0 radical (unpaired) electrons. The van der Waals surface area contributed by atoms with Gasteiger partial charge in [-0.2, -0.15) is 5.26 Å². The van der Waals surface area contributed by atoms with Crippen LogP contribution in [0.1, 0.15) is 24.5 Å². The van der Waals surface area contributed by atoms with Gasteiger partial charge in [-0.1, -0.05) is 43.3 Å². The minimum atomic E-state index is -0.679. The van der Waals surface area contributed by atoms with Crippen LogP contribution in [-0.2, 0) is 10.2 Å². The zero-order valence-electron chi connectivity index (χ0n) is 14.8. The number of morpholine rings is 1. The van der Waals surface area contributed by atoms with Gasteiger partial charge in [0.1, 0.15) is 5.41 Å². The minimum Gasteiger partial charge on any atom is -0.379 e. The zero-order chi connectivity index (χ0) is 17.5. The standard InChI is InChI=1S/C21H25N3O/c1-18(9-11-24-12-14-25-15-13-24)21(17-22,19-6-3-2-4-7-19)20-8-5-10-23-16-20/h2-8,10,16,18H,9,11-15H2,1H3. The first kappa shape index (κ1) is 17.6. The van der Waals surface area contributed by atoms with E-state index in [1.807, 2.05) is 36.5 Å². The first-order valence-electron chi connectivity index (χ1n) is 8.95. The van der Waals surface area contributed by atoms with Gasteiger partial charge in [0, 0.05) is 25.5 Å². The van der Waals surface area contributed by atoms with Gasteiger partial charge in [0.15, 0.2) is 0 Å². The number of pyridine rings is 1. The maximum Gasteiger partial charge on any atom is 0.111 e. The summed E-state index contributed by atoms with van der Waals surface area (Å²) in [6.45, 7) is 6.73.